The van der Waals surface area contributed by atoms with Crippen LogP contribution in [0.4, 0.5) is 0 Å². The second-order valence-corrected chi connectivity index (χ2v) is 9.07. The molecule has 3 heterocycles. The molecule has 174 valence electrons. The van der Waals surface area contributed by atoms with E-state index in [-0.39, 0.29) is 17.9 Å². The van der Waals surface area contributed by atoms with Gasteiger partial charge in [0, 0.05) is 31.1 Å². The Labute approximate surface area is 199 Å². The molecule has 1 saturated heterocycles. The smallest absolute Gasteiger partial charge is 0.270 e. The fraction of sp³-hybridized carbons (Fsp3) is 0.286. The van der Waals surface area contributed by atoms with E-state index in [1.807, 2.05) is 75.9 Å². The standard InChI is InChI=1S/C28H29N3O3/c1-20-8-6-7-11-24(20)19-31-25(17-23-12-15-34-28(23)31)27(33)29-13-14-30(21(2)18-29)26(32)16-22-9-4-3-5-10-22/h3-12,15,17,21H,13-14,16,18-19H2,1-2H3. The minimum Gasteiger partial charge on any atom is -0.448 e. The first-order valence-electron chi connectivity index (χ1n) is 11.7. The fourth-order valence-corrected chi connectivity index (χ4v) is 4.81. The number of fused-ring (bicyclic) bond motifs is 1. The number of benzene rings is 2. The van der Waals surface area contributed by atoms with Crippen LogP contribution in [-0.4, -0.2) is 51.9 Å². The highest BCUT2D eigenvalue weighted by atomic mass is 16.3. The van der Waals surface area contributed by atoms with E-state index in [1.54, 1.807) is 6.26 Å². The molecule has 4 aromatic rings. The molecule has 34 heavy (non-hydrogen) atoms. The van der Waals surface area contributed by atoms with Crippen LogP contribution in [0, 0.1) is 6.92 Å². The molecule has 1 atom stereocenters. The van der Waals surface area contributed by atoms with E-state index >= 15 is 0 Å². The topological polar surface area (TPSA) is 58.7 Å². The van der Waals surface area contributed by atoms with E-state index < -0.39 is 0 Å². The van der Waals surface area contributed by atoms with Crippen LogP contribution in [0.2, 0.25) is 0 Å². The number of hydrogen-bond donors (Lipinski definition) is 0. The number of carbonyl (C=O) groups excluding carboxylic acids is 2. The third-order valence-electron chi connectivity index (χ3n) is 6.74. The van der Waals surface area contributed by atoms with Crippen molar-refractivity contribution >= 4 is 22.9 Å². The second kappa shape index (κ2) is 9.21. The zero-order valence-electron chi connectivity index (χ0n) is 19.6. The monoisotopic (exact) mass is 455 g/mol. The van der Waals surface area contributed by atoms with E-state index in [4.69, 9.17) is 4.42 Å². The fourth-order valence-electron chi connectivity index (χ4n) is 4.81. The molecule has 1 aliphatic rings. The van der Waals surface area contributed by atoms with Gasteiger partial charge in [-0.2, -0.15) is 0 Å². The maximum absolute atomic E-state index is 13.6. The van der Waals surface area contributed by atoms with Gasteiger partial charge in [0.25, 0.3) is 5.91 Å². The summed E-state index contributed by atoms with van der Waals surface area (Å²) in [5.41, 5.74) is 4.66. The van der Waals surface area contributed by atoms with Crippen LogP contribution in [-0.2, 0) is 17.8 Å². The molecular weight excluding hydrogens is 426 g/mol. The Balaban J connectivity index is 1.33. The summed E-state index contributed by atoms with van der Waals surface area (Å²) in [4.78, 5) is 30.3. The van der Waals surface area contributed by atoms with E-state index in [0.717, 1.165) is 16.5 Å². The van der Waals surface area contributed by atoms with Crippen LogP contribution < -0.4 is 0 Å². The molecule has 6 heteroatoms. The summed E-state index contributed by atoms with van der Waals surface area (Å²) in [6.07, 6.45) is 2.04. The van der Waals surface area contributed by atoms with Crippen molar-refractivity contribution in [3.8, 4) is 0 Å². The number of amides is 2. The van der Waals surface area contributed by atoms with Crippen LogP contribution in [0.5, 0.6) is 0 Å². The first-order valence-corrected chi connectivity index (χ1v) is 11.7. The van der Waals surface area contributed by atoms with E-state index in [1.165, 1.54) is 5.56 Å². The van der Waals surface area contributed by atoms with Gasteiger partial charge in [-0.1, -0.05) is 54.6 Å². The highest BCUT2D eigenvalue weighted by Crippen LogP contribution is 2.25. The van der Waals surface area contributed by atoms with Gasteiger partial charge in [0.15, 0.2) is 0 Å². The second-order valence-electron chi connectivity index (χ2n) is 9.07. The lowest BCUT2D eigenvalue weighted by atomic mass is 10.1. The van der Waals surface area contributed by atoms with E-state index in [0.29, 0.717) is 44.0 Å². The lowest BCUT2D eigenvalue weighted by molar-refractivity contribution is -0.134. The van der Waals surface area contributed by atoms with Crippen molar-refractivity contribution in [3.05, 3.63) is 95.4 Å². The van der Waals surface area contributed by atoms with Crippen molar-refractivity contribution in [2.75, 3.05) is 19.6 Å². The SMILES string of the molecule is Cc1ccccc1Cn1c(C(=O)N2CCN(C(=O)Cc3ccccc3)C(C)C2)cc2ccoc21. The van der Waals surface area contributed by atoms with Gasteiger partial charge in [0.2, 0.25) is 11.6 Å². The molecule has 5 rings (SSSR count). The van der Waals surface area contributed by atoms with Crippen LogP contribution in [0.3, 0.4) is 0 Å². The number of furan rings is 1. The Morgan fingerprint density at radius 2 is 1.76 bits per heavy atom. The first kappa shape index (κ1) is 22.0. The first-order chi connectivity index (χ1) is 16.5. The van der Waals surface area contributed by atoms with Crippen molar-refractivity contribution in [2.24, 2.45) is 0 Å². The number of nitrogens with zero attached hydrogens (tertiary/aromatic N) is 3. The van der Waals surface area contributed by atoms with Crippen LogP contribution in [0.15, 0.2) is 77.4 Å². The number of aromatic nitrogens is 1. The summed E-state index contributed by atoms with van der Waals surface area (Å²) in [5, 5.41) is 0.918. The van der Waals surface area contributed by atoms with Gasteiger partial charge < -0.3 is 18.8 Å². The minimum absolute atomic E-state index is 0.0259. The maximum atomic E-state index is 13.6. The molecule has 2 amide bonds. The molecule has 1 fully saturated rings. The Morgan fingerprint density at radius 1 is 1.00 bits per heavy atom. The molecule has 0 N–H and O–H groups in total. The van der Waals surface area contributed by atoms with Crippen molar-refractivity contribution in [3.63, 3.8) is 0 Å². The van der Waals surface area contributed by atoms with Gasteiger partial charge in [-0.05, 0) is 42.7 Å². The predicted octanol–water partition coefficient (Wildman–Crippen LogP) is 4.51. The lowest BCUT2D eigenvalue weighted by Crippen LogP contribution is -2.56. The Hall–Kier alpha value is -3.80. The van der Waals surface area contributed by atoms with Gasteiger partial charge in [0.1, 0.15) is 5.69 Å². The predicted molar refractivity (Wildman–Crippen MR) is 132 cm³/mol. The zero-order valence-corrected chi connectivity index (χ0v) is 19.6. The Kier molecular flexibility index (Phi) is 5.97. The molecule has 6 nitrogen and oxygen atoms in total. The number of piperazine rings is 1. The van der Waals surface area contributed by atoms with Crippen LogP contribution in [0.25, 0.3) is 11.1 Å². The summed E-state index contributed by atoms with van der Waals surface area (Å²) in [6.45, 7) is 6.22. The molecule has 2 aromatic carbocycles. The number of aryl methyl sites for hydroxylation is 1. The van der Waals surface area contributed by atoms with Gasteiger partial charge in [-0.25, -0.2) is 0 Å². The molecule has 0 saturated carbocycles. The normalized spacial score (nSPS) is 16.2. The third-order valence-corrected chi connectivity index (χ3v) is 6.74. The lowest BCUT2D eigenvalue weighted by Gasteiger charge is -2.40. The summed E-state index contributed by atoms with van der Waals surface area (Å²) in [6, 6.07) is 21.7. The third kappa shape index (κ3) is 4.23. The van der Waals surface area contributed by atoms with Gasteiger partial charge >= 0.3 is 0 Å². The average Bonchev–Trinajstić information content (AvgIpc) is 3.43. The highest BCUT2D eigenvalue weighted by molar-refractivity contribution is 5.98. The Morgan fingerprint density at radius 3 is 2.53 bits per heavy atom. The van der Waals surface area contributed by atoms with E-state index in [2.05, 4.69) is 19.1 Å². The molecule has 0 bridgehead atoms. The quantitative estimate of drug-likeness (QED) is 0.445. The number of carbonyl (C=O) groups is 2. The van der Waals surface area contributed by atoms with Crippen LogP contribution >= 0.6 is 0 Å². The summed E-state index contributed by atoms with van der Waals surface area (Å²) in [7, 11) is 0. The molecule has 0 aliphatic carbocycles. The number of rotatable bonds is 5. The van der Waals surface area contributed by atoms with Crippen molar-refractivity contribution < 1.29 is 14.0 Å². The Bertz CT molecular complexity index is 1320. The molecule has 1 unspecified atom stereocenters. The van der Waals surface area contributed by atoms with Crippen molar-refractivity contribution in [1.29, 1.82) is 0 Å². The van der Waals surface area contributed by atoms with Crippen molar-refractivity contribution in [2.45, 2.75) is 32.9 Å². The summed E-state index contributed by atoms with van der Waals surface area (Å²) >= 11 is 0. The van der Waals surface area contributed by atoms with Crippen LogP contribution in [0.1, 0.15) is 34.1 Å². The van der Waals surface area contributed by atoms with E-state index in [9.17, 15) is 9.59 Å². The highest BCUT2D eigenvalue weighted by Gasteiger charge is 2.32. The van der Waals surface area contributed by atoms with Crippen molar-refractivity contribution in [1.82, 2.24) is 14.4 Å². The summed E-state index contributed by atoms with van der Waals surface area (Å²) < 4.78 is 7.71. The average molecular weight is 456 g/mol. The summed E-state index contributed by atoms with van der Waals surface area (Å²) in [5.74, 6) is 0.0771. The molecule has 0 radical (unpaired) electrons. The molecule has 0 spiro atoms. The zero-order chi connectivity index (χ0) is 23.7. The van der Waals surface area contributed by atoms with Gasteiger partial charge in [-0.3, -0.25) is 9.59 Å². The van der Waals surface area contributed by atoms with Gasteiger partial charge in [-0.15, -0.1) is 0 Å². The largest absolute Gasteiger partial charge is 0.448 e. The van der Waals surface area contributed by atoms with Gasteiger partial charge in [0.05, 0.1) is 19.2 Å². The molecule has 1 aliphatic heterocycles. The molecular formula is C28H29N3O3. The number of hydrogen-bond acceptors (Lipinski definition) is 3. The molecule has 2 aromatic heterocycles. The maximum Gasteiger partial charge on any atom is 0.270 e. The minimum atomic E-state index is -0.0447.